The Labute approximate surface area is 178 Å². The van der Waals surface area contributed by atoms with Crippen molar-refractivity contribution in [2.75, 3.05) is 31.5 Å². The van der Waals surface area contributed by atoms with E-state index < -0.39 is 11.6 Å². The molecule has 1 spiro atoms. The summed E-state index contributed by atoms with van der Waals surface area (Å²) in [5, 5.41) is 11.8. The van der Waals surface area contributed by atoms with Gasteiger partial charge in [-0.2, -0.15) is 0 Å². The summed E-state index contributed by atoms with van der Waals surface area (Å²) in [6.07, 6.45) is 5.15. The molecule has 1 atom stereocenters. The molecule has 1 aromatic heterocycles. The van der Waals surface area contributed by atoms with Gasteiger partial charge in [-0.25, -0.2) is 8.78 Å². The molecule has 162 valence electrons. The minimum Gasteiger partial charge on any atom is -0.368 e. The number of piperidine rings is 1. The fraction of sp³-hybridized carbons (Fsp3) is 0.583. The standard InChI is InChI=1S/C24H32F2N4/c1-23(2,3)8-11-30-12-9-24(10-13-30)15-18(24)16-27-22-7-6-21(28-29-22)17-4-5-19(25)20(26)14-17/h4-7,14,18H,8-13,15-16H2,1-3H3,(H,27,29). The summed E-state index contributed by atoms with van der Waals surface area (Å²) in [7, 11) is 0. The van der Waals surface area contributed by atoms with Gasteiger partial charge in [0.05, 0.1) is 5.69 Å². The van der Waals surface area contributed by atoms with E-state index in [0.717, 1.165) is 24.5 Å². The Kier molecular flexibility index (Phi) is 5.80. The quantitative estimate of drug-likeness (QED) is 0.690. The monoisotopic (exact) mass is 414 g/mol. The minimum atomic E-state index is -0.875. The van der Waals surface area contributed by atoms with Crippen LogP contribution in [0.1, 0.15) is 46.5 Å². The maximum atomic E-state index is 13.4. The van der Waals surface area contributed by atoms with Crippen molar-refractivity contribution in [1.29, 1.82) is 0 Å². The first-order chi connectivity index (χ1) is 14.2. The average molecular weight is 415 g/mol. The largest absolute Gasteiger partial charge is 0.368 e. The van der Waals surface area contributed by atoms with Crippen LogP contribution in [0.4, 0.5) is 14.6 Å². The lowest BCUT2D eigenvalue weighted by Crippen LogP contribution is -2.37. The molecule has 4 rings (SSSR count). The lowest BCUT2D eigenvalue weighted by atomic mass is 9.88. The summed E-state index contributed by atoms with van der Waals surface area (Å²) in [4.78, 5) is 2.63. The first-order valence-corrected chi connectivity index (χ1v) is 11.0. The van der Waals surface area contributed by atoms with Gasteiger partial charge in [-0.15, -0.1) is 10.2 Å². The van der Waals surface area contributed by atoms with Gasteiger partial charge in [0, 0.05) is 12.1 Å². The van der Waals surface area contributed by atoms with Crippen LogP contribution in [0.5, 0.6) is 0 Å². The molecular weight excluding hydrogens is 382 g/mol. The molecule has 2 fully saturated rings. The van der Waals surface area contributed by atoms with Gasteiger partial charge in [-0.05, 0) is 92.4 Å². The summed E-state index contributed by atoms with van der Waals surface area (Å²) >= 11 is 0. The highest BCUT2D eigenvalue weighted by Gasteiger charge is 2.54. The fourth-order valence-electron chi connectivity index (χ4n) is 4.51. The number of nitrogens with one attached hydrogen (secondary N) is 1. The number of hydrogen-bond acceptors (Lipinski definition) is 4. The molecule has 2 aromatic rings. The topological polar surface area (TPSA) is 41.0 Å². The predicted molar refractivity (Wildman–Crippen MR) is 116 cm³/mol. The molecule has 30 heavy (non-hydrogen) atoms. The molecule has 2 aliphatic rings. The molecule has 6 heteroatoms. The molecule has 4 nitrogen and oxygen atoms in total. The third kappa shape index (κ3) is 4.97. The third-order valence-electron chi connectivity index (χ3n) is 6.80. The molecular formula is C24H32F2N4. The van der Waals surface area contributed by atoms with Gasteiger partial charge >= 0.3 is 0 Å². The minimum absolute atomic E-state index is 0.405. The summed E-state index contributed by atoms with van der Waals surface area (Å²) in [6, 6.07) is 7.41. The summed E-state index contributed by atoms with van der Waals surface area (Å²) < 4.78 is 26.5. The van der Waals surface area contributed by atoms with Crippen molar-refractivity contribution in [1.82, 2.24) is 15.1 Å². The highest BCUT2D eigenvalue weighted by molar-refractivity contribution is 5.59. The van der Waals surface area contributed by atoms with Crippen LogP contribution in [0.25, 0.3) is 11.3 Å². The molecule has 1 unspecified atom stereocenters. The third-order valence-corrected chi connectivity index (χ3v) is 6.80. The number of nitrogens with zero attached hydrogens (tertiary/aromatic N) is 3. The van der Waals surface area contributed by atoms with Crippen molar-refractivity contribution in [2.24, 2.45) is 16.7 Å². The Morgan fingerprint density at radius 1 is 1.07 bits per heavy atom. The zero-order chi connectivity index (χ0) is 21.4. The second-order valence-corrected chi connectivity index (χ2v) is 10.2. The SMILES string of the molecule is CC(C)(C)CCN1CCC2(CC1)CC2CNc1ccc(-c2ccc(F)c(F)c2)nn1. The molecule has 1 aliphatic heterocycles. The Morgan fingerprint density at radius 2 is 1.83 bits per heavy atom. The van der Waals surface area contributed by atoms with Crippen LogP contribution in [0.15, 0.2) is 30.3 Å². The normalized spacial score (nSPS) is 21.0. The van der Waals surface area contributed by atoms with E-state index in [1.54, 1.807) is 6.07 Å². The van der Waals surface area contributed by atoms with E-state index in [2.05, 4.69) is 41.2 Å². The Hall–Kier alpha value is -2.08. The predicted octanol–water partition coefficient (Wildman–Crippen LogP) is 5.37. The van der Waals surface area contributed by atoms with Crippen molar-refractivity contribution in [3.63, 3.8) is 0 Å². The van der Waals surface area contributed by atoms with Gasteiger partial charge in [0.2, 0.25) is 0 Å². The van der Waals surface area contributed by atoms with Gasteiger partial charge in [0.15, 0.2) is 11.6 Å². The number of rotatable bonds is 6. The van der Waals surface area contributed by atoms with E-state index >= 15 is 0 Å². The first-order valence-electron chi connectivity index (χ1n) is 11.0. The summed E-state index contributed by atoms with van der Waals surface area (Å²) in [5.41, 5.74) is 1.98. The van der Waals surface area contributed by atoms with Crippen LogP contribution >= 0.6 is 0 Å². The molecule has 0 amide bonds. The number of likely N-dealkylation sites (tertiary alicyclic amines) is 1. The van der Waals surface area contributed by atoms with Crippen molar-refractivity contribution in [2.45, 2.75) is 46.5 Å². The fourth-order valence-corrected chi connectivity index (χ4v) is 4.51. The molecule has 1 saturated heterocycles. The van der Waals surface area contributed by atoms with E-state index in [1.165, 1.54) is 51.4 Å². The van der Waals surface area contributed by atoms with E-state index in [-0.39, 0.29) is 0 Å². The summed E-state index contributed by atoms with van der Waals surface area (Å²) in [6.45, 7) is 11.5. The smallest absolute Gasteiger partial charge is 0.159 e. The van der Waals surface area contributed by atoms with Gasteiger partial charge < -0.3 is 10.2 Å². The second-order valence-electron chi connectivity index (χ2n) is 10.2. The van der Waals surface area contributed by atoms with Crippen LogP contribution in [-0.4, -0.2) is 41.3 Å². The van der Waals surface area contributed by atoms with Crippen molar-refractivity contribution < 1.29 is 8.78 Å². The molecule has 0 bridgehead atoms. The lowest BCUT2D eigenvalue weighted by Gasteiger charge is -2.34. The summed E-state index contributed by atoms with van der Waals surface area (Å²) in [5.74, 6) is -0.302. The number of halogens is 2. The van der Waals surface area contributed by atoms with Crippen LogP contribution in [0.3, 0.4) is 0 Å². The highest BCUT2D eigenvalue weighted by Crippen LogP contribution is 2.59. The van der Waals surface area contributed by atoms with Crippen LogP contribution in [0, 0.1) is 28.4 Å². The molecule has 1 aliphatic carbocycles. The lowest BCUT2D eigenvalue weighted by molar-refractivity contribution is 0.147. The van der Waals surface area contributed by atoms with Gasteiger partial charge in [0.1, 0.15) is 5.82 Å². The number of hydrogen-bond donors (Lipinski definition) is 1. The van der Waals surface area contributed by atoms with E-state index in [1.807, 2.05) is 6.07 Å². The molecule has 1 saturated carbocycles. The van der Waals surface area contributed by atoms with Gasteiger partial charge in [-0.3, -0.25) is 0 Å². The van der Waals surface area contributed by atoms with Crippen LogP contribution in [-0.2, 0) is 0 Å². The maximum absolute atomic E-state index is 13.4. The van der Waals surface area contributed by atoms with Crippen LogP contribution < -0.4 is 5.32 Å². The molecule has 1 aromatic carbocycles. The Morgan fingerprint density at radius 3 is 2.47 bits per heavy atom. The maximum Gasteiger partial charge on any atom is 0.159 e. The molecule has 2 heterocycles. The molecule has 0 radical (unpaired) electrons. The Bertz CT molecular complexity index is 868. The van der Waals surface area contributed by atoms with Gasteiger partial charge in [0.25, 0.3) is 0 Å². The van der Waals surface area contributed by atoms with E-state index in [4.69, 9.17) is 0 Å². The average Bonchev–Trinajstić information content (AvgIpc) is 3.39. The van der Waals surface area contributed by atoms with Crippen molar-refractivity contribution >= 4 is 5.82 Å². The number of aromatic nitrogens is 2. The molecule has 1 N–H and O–H groups in total. The number of benzene rings is 1. The number of anilines is 1. The highest BCUT2D eigenvalue weighted by atomic mass is 19.2. The second kappa shape index (κ2) is 8.22. The zero-order valence-corrected chi connectivity index (χ0v) is 18.2. The van der Waals surface area contributed by atoms with Gasteiger partial charge in [-0.1, -0.05) is 20.8 Å². The van der Waals surface area contributed by atoms with Crippen molar-refractivity contribution in [3.05, 3.63) is 42.0 Å². The first kappa shape index (κ1) is 21.2. The van der Waals surface area contributed by atoms with E-state index in [0.29, 0.717) is 28.0 Å². The van der Waals surface area contributed by atoms with Crippen molar-refractivity contribution in [3.8, 4) is 11.3 Å². The zero-order valence-electron chi connectivity index (χ0n) is 18.2. The van der Waals surface area contributed by atoms with E-state index in [9.17, 15) is 8.78 Å². The Balaban J connectivity index is 1.24. The van der Waals surface area contributed by atoms with Crippen LogP contribution in [0.2, 0.25) is 0 Å².